The smallest absolute Gasteiger partial charge is 0.252 e. The number of aromatic nitrogens is 1. The fourth-order valence-corrected chi connectivity index (χ4v) is 2.03. The number of carbonyl (C=O) groups is 1. The van der Waals surface area contributed by atoms with Crippen molar-refractivity contribution in [1.29, 1.82) is 0 Å². The van der Waals surface area contributed by atoms with Crippen molar-refractivity contribution in [3.05, 3.63) is 46.2 Å². The first-order valence-electron chi connectivity index (χ1n) is 6.81. The fraction of sp³-hybridized carbons (Fsp3) is 0.333. The van der Waals surface area contributed by atoms with Gasteiger partial charge >= 0.3 is 0 Å². The third kappa shape index (κ3) is 4.14. The molecule has 6 heteroatoms. The summed E-state index contributed by atoms with van der Waals surface area (Å²) in [7, 11) is 0. The van der Waals surface area contributed by atoms with Gasteiger partial charge in [0.05, 0.1) is 18.8 Å². The Morgan fingerprint density at radius 1 is 1.29 bits per heavy atom. The summed E-state index contributed by atoms with van der Waals surface area (Å²) in [4.78, 5) is 26.4. The molecule has 0 aliphatic heterocycles. The van der Waals surface area contributed by atoms with Gasteiger partial charge in [-0.15, -0.1) is 0 Å². The Hall–Kier alpha value is -2.18. The third-order valence-corrected chi connectivity index (χ3v) is 2.98. The average Bonchev–Trinajstić information content (AvgIpc) is 2.49. The van der Waals surface area contributed by atoms with Gasteiger partial charge in [-0.2, -0.15) is 0 Å². The Bertz CT molecular complexity index is 666. The number of ether oxygens (including phenoxy) is 1. The van der Waals surface area contributed by atoms with Gasteiger partial charge < -0.3 is 20.1 Å². The van der Waals surface area contributed by atoms with E-state index < -0.39 is 0 Å². The van der Waals surface area contributed by atoms with E-state index in [4.69, 9.17) is 9.84 Å². The van der Waals surface area contributed by atoms with Crippen LogP contribution in [0.25, 0.3) is 10.9 Å². The van der Waals surface area contributed by atoms with E-state index in [9.17, 15) is 9.59 Å². The van der Waals surface area contributed by atoms with Crippen molar-refractivity contribution in [2.24, 2.45) is 0 Å². The van der Waals surface area contributed by atoms with Crippen LogP contribution in [-0.2, 0) is 4.74 Å². The summed E-state index contributed by atoms with van der Waals surface area (Å²) in [5, 5.41) is 12.0. The SMILES string of the molecule is O=C(NCCCOCCO)c1cc(=O)[nH]c2ccccc12. The number of aliphatic hydroxyl groups is 1. The van der Waals surface area contributed by atoms with Gasteiger partial charge in [-0.3, -0.25) is 9.59 Å². The maximum Gasteiger partial charge on any atom is 0.252 e. The molecule has 112 valence electrons. The van der Waals surface area contributed by atoms with Crippen molar-refractivity contribution in [1.82, 2.24) is 10.3 Å². The van der Waals surface area contributed by atoms with Crippen LogP contribution < -0.4 is 10.9 Å². The molecule has 0 bridgehead atoms. The summed E-state index contributed by atoms with van der Waals surface area (Å²) in [6.07, 6.45) is 0.646. The van der Waals surface area contributed by atoms with Gasteiger partial charge in [0, 0.05) is 30.1 Å². The molecule has 0 atom stereocenters. The summed E-state index contributed by atoms with van der Waals surface area (Å²) in [6, 6.07) is 8.49. The number of benzene rings is 1. The van der Waals surface area contributed by atoms with E-state index in [1.165, 1.54) is 6.07 Å². The number of aliphatic hydroxyl groups excluding tert-OH is 1. The van der Waals surface area contributed by atoms with Crippen LogP contribution in [0.2, 0.25) is 0 Å². The predicted molar refractivity (Wildman–Crippen MR) is 79.4 cm³/mol. The zero-order valence-corrected chi connectivity index (χ0v) is 11.6. The number of rotatable bonds is 7. The maximum atomic E-state index is 12.2. The molecule has 6 nitrogen and oxygen atoms in total. The van der Waals surface area contributed by atoms with E-state index in [0.29, 0.717) is 42.6 Å². The number of hydrogen-bond acceptors (Lipinski definition) is 4. The Labute approximate surface area is 121 Å². The number of fused-ring (bicyclic) bond motifs is 1. The Morgan fingerprint density at radius 2 is 2.10 bits per heavy atom. The highest BCUT2D eigenvalue weighted by molar-refractivity contribution is 6.05. The first-order valence-corrected chi connectivity index (χ1v) is 6.81. The molecule has 0 radical (unpaired) electrons. The second-order valence-electron chi connectivity index (χ2n) is 4.54. The number of para-hydroxylation sites is 1. The Balaban J connectivity index is 2.01. The molecular weight excluding hydrogens is 272 g/mol. The van der Waals surface area contributed by atoms with E-state index in [2.05, 4.69) is 10.3 Å². The van der Waals surface area contributed by atoms with E-state index in [0.717, 1.165) is 0 Å². The van der Waals surface area contributed by atoms with Crippen LogP contribution in [0.3, 0.4) is 0 Å². The van der Waals surface area contributed by atoms with Crippen molar-refractivity contribution < 1.29 is 14.6 Å². The van der Waals surface area contributed by atoms with Gasteiger partial charge in [0.1, 0.15) is 0 Å². The van der Waals surface area contributed by atoms with Crippen molar-refractivity contribution in [2.45, 2.75) is 6.42 Å². The van der Waals surface area contributed by atoms with E-state index >= 15 is 0 Å². The lowest BCUT2D eigenvalue weighted by molar-refractivity contribution is 0.0868. The lowest BCUT2D eigenvalue weighted by atomic mass is 10.1. The standard InChI is InChI=1S/C15H18N2O4/c18-7-9-21-8-3-6-16-15(20)12-10-14(19)17-13-5-2-1-4-11(12)13/h1-2,4-5,10,18H,3,6-9H2,(H,16,20)(H,17,19). The highest BCUT2D eigenvalue weighted by Crippen LogP contribution is 2.14. The maximum absolute atomic E-state index is 12.2. The summed E-state index contributed by atoms with van der Waals surface area (Å²) in [5.41, 5.74) is 0.706. The molecule has 0 spiro atoms. The molecule has 1 aromatic carbocycles. The summed E-state index contributed by atoms with van der Waals surface area (Å²) < 4.78 is 5.10. The largest absolute Gasteiger partial charge is 0.394 e. The topological polar surface area (TPSA) is 91.4 Å². The van der Waals surface area contributed by atoms with E-state index in [-0.39, 0.29) is 18.1 Å². The molecule has 0 fully saturated rings. The molecule has 0 saturated heterocycles. The van der Waals surface area contributed by atoms with Crippen molar-refractivity contribution in [2.75, 3.05) is 26.4 Å². The number of pyridine rings is 1. The van der Waals surface area contributed by atoms with Crippen molar-refractivity contribution in [3.63, 3.8) is 0 Å². The Kier molecular flexibility index (Phi) is 5.48. The molecule has 0 aliphatic rings. The van der Waals surface area contributed by atoms with Crippen LogP contribution in [0.5, 0.6) is 0 Å². The molecule has 0 saturated carbocycles. The number of nitrogens with one attached hydrogen (secondary N) is 2. The van der Waals surface area contributed by atoms with Gasteiger partial charge in [0.15, 0.2) is 0 Å². The van der Waals surface area contributed by atoms with Gasteiger partial charge in [0.25, 0.3) is 5.91 Å². The minimum atomic E-state index is -0.301. The number of H-pyrrole nitrogens is 1. The number of hydrogen-bond donors (Lipinski definition) is 3. The lowest BCUT2D eigenvalue weighted by Crippen LogP contribution is -2.27. The van der Waals surface area contributed by atoms with Gasteiger partial charge in [0.2, 0.25) is 5.56 Å². The van der Waals surface area contributed by atoms with Crippen LogP contribution in [-0.4, -0.2) is 42.4 Å². The molecule has 1 heterocycles. The summed E-state index contributed by atoms with van der Waals surface area (Å²) in [5.74, 6) is -0.278. The second kappa shape index (κ2) is 7.56. The molecule has 2 rings (SSSR count). The zero-order chi connectivity index (χ0) is 15.1. The third-order valence-electron chi connectivity index (χ3n) is 2.98. The minimum Gasteiger partial charge on any atom is -0.394 e. The number of carbonyl (C=O) groups excluding carboxylic acids is 1. The van der Waals surface area contributed by atoms with Crippen LogP contribution in [0.15, 0.2) is 35.1 Å². The van der Waals surface area contributed by atoms with Crippen molar-refractivity contribution >= 4 is 16.8 Å². The average molecular weight is 290 g/mol. The molecular formula is C15H18N2O4. The Morgan fingerprint density at radius 3 is 2.90 bits per heavy atom. The lowest BCUT2D eigenvalue weighted by Gasteiger charge is -2.08. The van der Waals surface area contributed by atoms with Gasteiger partial charge in [-0.05, 0) is 12.5 Å². The molecule has 2 aromatic rings. The van der Waals surface area contributed by atoms with Crippen LogP contribution in [0, 0.1) is 0 Å². The van der Waals surface area contributed by atoms with Crippen molar-refractivity contribution in [3.8, 4) is 0 Å². The monoisotopic (exact) mass is 290 g/mol. The molecule has 3 N–H and O–H groups in total. The first-order chi connectivity index (χ1) is 10.2. The van der Waals surface area contributed by atoms with Gasteiger partial charge in [-0.25, -0.2) is 0 Å². The quantitative estimate of drug-likeness (QED) is 0.653. The predicted octanol–water partition coefficient (Wildman–Crippen LogP) is 0.657. The van der Waals surface area contributed by atoms with Crippen LogP contribution in [0.1, 0.15) is 16.8 Å². The summed E-state index contributed by atoms with van der Waals surface area (Å²) in [6.45, 7) is 1.21. The number of amides is 1. The zero-order valence-electron chi connectivity index (χ0n) is 11.6. The highest BCUT2D eigenvalue weighted by Gasteiger charge is 2.10. The number of aromatic amines is 1. The molecule has 1 aromatic heterocycles. The fourth-order valence-electron chi connectivity index (χ4n) is 2.03. The molecule has 21 heavy (non-hydrogen) atoms. The normalized spacial score (nSPS) is 10.7. The minimum absolute atomic E-state index is 0.00879. The summed E-state index contributed by atoms with van der Waals surface area (Å²) >= 11 is 0. The van der Waals surface area contributed by atoms with Gasteiger partial charge in [-0.1, -0.05) is 18.2 Å². The van der Waals surface area contributed by atoms with Crippen LogP contribution in [0.4, 0.5) is 0 Å². The van der Waals surface area contributed by atoms with E-state index in [1.807, 2.05) is 6.07 Å². The second-order valence-corrected chi connectivity index (χ2v) is 4.54. The van der Waals surface area contributed by atoms with Crippen LogP contribution >= 0.6 is 0 Å². The molecule has 0 unspecified atom stereocenters. The molecule has 0 aliphatic carbocycles. The highest BCUT2D eigenvalue weighted by atomic mass is 16.5. The molecule has 1 amide bonds. The first kappa shape index (κ1) is 15.2. The van der Waals surface area contributed by atoms with E-state index in [1.54, 1.807) is 18.2 Å².